The maximum Gasteiger partial charge on any atom is 0.234 e. The van der Waals surface area contributed by atoms with E-state index in [9.17, 15) is 4.79 Å². The summed E-state index contributed by atoms with van der Waals surface area (Å²) < 4.78 is 0. The zero-order valence-electron chi connectivity index (χ0n) is 10.9. The van der Waals surface area contributed by atoms with Crippen molar-refractivity contribution in [1.82, 2.24) is 10.6 Å². The molecule has 3 heteroatoms. The summed E-state index contributed by atoms with van der Waals surface area (Å²) in [5.74, 6) is 0.0629. The number of nitrogens with one attached hydrogen (secondary N) is 2. The van der Waals surface area contributed by atoms with Crippen LogP contribution in [0.4, 0.5) is 0 Å². The van der Waals surface area contributed by atoms with E-state index in [4.69, 9.17) is 0 Å². The maximum absolute atomic E-state index is 11.5. The number of aryl methyl sites for hydroxylation is 1. The van der Waals surface area contributed by atoms with E-state index in [-0.39, 0.29) is 11.9 Å². The fraction of sp³-hybridized carbons (Fsp3) is 0.500. The smallest absolute Gasteiger partial charge is 0.234 e. The molecule has 0 saturated heterocycles. The minimum Gasteiger partial charge on any atom is -0.352 e. The minimum absolute atomic E-state index is 0.0629. The van der Waals surface area contributed by atoms with Gasteiger partial charge in [0.15, 0.2) is 0 Å². The number of benzene rings is 1. The van der Waals surface area contributed by atoms with Gasteiger partial charge in [0, 0.05) is 6.04 Å². The van der Waals surface area contributed by atoms with E-state index in [1.165, 1.54) is 11.1 Å². The fourth-order valence-electron chi connectivity index (χ4n) is 1.78. The first kappa shape index (κ1) is 13.7. The van der Waals surface area contributed by atoms with Gasteiger partial charge in [0.2, 0.25) is 5.91 Å². The number of hydrogen-bond donors (Lipinski definition) is 2. The van der Waals surface area contributed by atoms with E-state index in [2.05, 4.69) is 29.7 Å². The van der Waals surface area contributed by atoms with Crippen LogP contribution in [0, 0.1) is 6.92 Å². The molecule has 0 heterocycles. The van der Waals surface area contributed by atoms with Gasteiger partial charge in [0.1, 0.15) is 0 Å². The number of carbonyl (C=O) groups excluding carboxylic acids is 1. The summed E-state index contributed by atoms with van der Waals surface area (Å²) in [5.41, 5.74) is 2.57. The van der Waals surface area contributed by atoms with Crippen LogP contribution in [0.5, 0.6) is 0 Å². The molecule has 0 bridgehead atoms. The summed E-state index contributed by atoms with van der Waals surface area (Å²) >= 11 is 0. The van der Waals surface area contributed by atoms with E-state index in [1.807, 2.05) is 26.0 Å². The average Bonchev–Trinajstić information content (AvgIpc) is 2.29. The number of likely N-dealkylation sites (N-methyl/N-ethyl adjacent to an activating group) is 1. The highest BCUT2D eigenvalue weighted by molar-refractivity contribution is 5.78. The second-order valence-corrected chi connectivity index (χ2v) is 4.38. The molecular weight excluding hydrogens is 212 g/mol. The molecule has 1 aromatic rings. The van der Waals surface area contributed by atoms with Crippen molar-refractivity contribution in [3.63, 3.8) is 0 Å². The lowest BCUT2D eigenvalue weighted by Gasteiger charge is -2.15. The molecule has 1 atom stereocenters. The Morgan fingerprint density at radius 2 is 2.06 bits per heavy atom. The molecule has 0 aliphatic carbocycles. The van der Waals surface area contributed by atoms with Gasteiger partial charge in [-0.15, -0.1) is 0 Å². The second kappa shape index (κ2) is 7.07. The predicted molar refractivity (Wildman–Crippen MR) is 71.0 cm³/mol. The Hall–Kier alpha value is -1.35. The summed E-state index contributed by atoms with van der Waals surface area (Å²) in [7, 11) is 0. The third-order valence-electron chi connectivity index (χ3n) is 2.73. The van der Waals surface area contributed by atoms with Crippen LogP contribution >= 0.6 is 0 Å². The van der Waals surface area contributed by atoms with E-state index in [0.717, 1.165) is 13.0 Å². The van der Waals surface area contributed by atoms with Crippen LogP contribution in [-0.4, -0.2) is 25.0 Å². The Kier molecular flexibility index (Phi) is 5.70. The van der Waals surface area contributed by atoms with Crippen LogP contribution in [0.15, 0.2) is 24.3 Å². The Morgan fingerprint density at radius 3 is 2.71 bits per heavy atom. The van der Waals surface area contributed by atoms with Gasteiger partial charge in [-0.05, 0) is 37.9 Å². The van der Waals surface area contributed by atoms with Crippen molar-refractivity contribution < 1.29 is 4.79 Å². The summed E-state index contributed by atoms with van der Waals surface area (Å²) in [5, 5.41) is 6.01. The third kappa shape index (κ3) is 5.00. The third-order valence-corrected chi connectivity index (χ3v) is 2.73. The average molecular weight is 234 g/mol. The fourth-order valence-corrected chi connectivity index (χ4v) is 1.78. The molecule has 1 unspecified atom stereocenters. The number of hydrogen-bond acceptors (Lipinski definition) is 2. The molecule has 0 saturated carbocycles. The number of rotatable bonds is 6. The molecular formula is C14H22N2O. The second-order valence-electron chi connectivity index (χ2n) is 4.38. The number of carbonyl (C=O) groups is 1. The standard InChI is InChI=1S/C14H22N2O/c1-4-15-10-14(17)16-12(3)9-13-8-6-5-7-11(13)2/h5-8,12,15H,4,9-10H2,1-3H3,(H,16,17). The van der Waals surface area contributed by atoms with Gasteiger partial charge in [-0.2, -0.15) is 0 Å². The van der Waals surface area contributed by atoms with E-state index in [1.54, 1.807) is 0 Å². The van der Waals surface area contributed by atoms with Gasteiger partial charge in [0.05, 0.1) is 6.54 Å². The zero-order chi connectivity index (χ0) is 12.7. The van der Waals surface area contributed by atoms with Gasteiger partial charge in [-0.3, -0.25) is 4.79 Å². The molecule has 0 spiro atoms. The Labute approximate surface area is 104 Å². The van der Waals surface area contributed by atoms with Crippen molar-refractivity contribution in [2.75, 3.05) is 13.1 Å². The molecule has 0 aliphatic rings. The highest BCUT2D eigenvalue weighted by Crippen LogP contribution is 2.09. The predicted octanol–water partition coefficient (Wildman–Crippen LogP) is 1.65. The quantitative estimate of drug-likeness (QED) is 0.786. The van der Waals surface area contributed by atoms with Crippen molar-refractivity contribution in [3.05, 3.63) is 35.4 Å². The van der Waals surface area contributed by atoms with Gasteiger partial charge < -0.3 is 10.6 Å². The molecule has 1 rings (SSSR count). The van der Waals surface area contributed by atoms with Crippen LogP contribution in [0.2, 0.25) is 0 Å². The molecule has 17 heavy (non-hydrogen) atoms. The van der Waals surface area contributed by atoms with Crippen LogP contribution in [0.3, 0.4) is 0 Å². The summed E-state index contributed by atoms with van der Waals surface area (Å²) in [6, 6.07) is 8.45. The molecule has 0 aromatic heterocycles. The van der Waals surface area contributed by atoms with Crippen molar-refractivity contribution in [2.24, 2.45) is 0 Å². The molecule has 0 aliphatic heterocycles. The summed E-state index contributed by atoms with van der Waals surface area (Å²) in [6.45, 7) is 7.34. The van der Waals surface area contributed by atoms with E-state index in [0.29, 0.717) is 6.54 Å². The lowest BCUT2D eigenvalue weighted by molar-refractivity contribution is -0.120. The van der Waals surface area contributed by atoms with Crippen LogP contribution < -0.4 is 10.6 Å². The van der Waals surface area contributed by atoms with Gasteiger partial charge in [-0.1, -0.05) is 31.2 Å². The van der Waals surface area contributed by atoms with Gasteiger partial charge >= 0.3 is 0 Å². The highest BCUT2D eigenvalue weighted by atomic mass is 16.1. The first-order valence-electron chi connectivity index (χ1n) is 6.18. The number of amides is 1. The monoisotopic (exact) mass is 234 g/mol. The molecule has 1 aromatic carbocycles. The van der Waals surface area contributed by atoms with E-state index >= 15 is 0 Å². The molecule has 94 valence electrons. The minimum atomic E-state index is 0.0629. The normalized spacial score (nSPS) is 12.2. The van der Waals surface area contributed by atoms with Crippen LogP contribution in [-0.2, 0) is 11.2 Å². The van der Waals surface area contributed by atoms with Gasteiger partial charge in [-0.25, -0.2) is 0 Å². The van der Waals surface area contributed by atoms with Crippen LogP contribution in [0.25, 0.3) is 0 Å². The van der Waals surface area contributed by atoms with Crippen molar-refractivity contribution in [2.45, 2.75) is 33.2 Å². The zero-order valence-corrected chi connectivity index (χ0v) is 10.9. The van der Waals surface area contributed by atoms with Crippen molar-refractivity contribution >= 4 is 5.91 Å². The summed E-state index contributed by atoms with van der Waals surface area (Å²) in [6.07, 6.45) is 0.880. The topological polar surface area (TPSA) is 41.1 Å². The molecule has 1 amide bonds. The SMILES string of the molecule is CCNCC(=O)NC(C)Cc1ccccc1C. The Morgan fingerprint density at radius 1 is 1.35 bits per heavy atom. The lowest BCUT2D eigenvalue weighted by Crippen LogP contribution is -2.40. The molecule has 2 N–H and O–H groups in total. The Balaban J connectivity index is 2.42. The Bertz CT molecular complexity index is 363. The molecule has 0 fully saturated rings. The van der Waals surface area contributed by atoms with E-state index < -0.39 is 0 Å². The van der Waals surface area contributed by atoms with Crippen LogP contribution in [0.1, 0.15) is 25.0 Å². The van der Waals surface area contributed by atoms with Crippen molar-refractivity contribution in [3.8, 4) is 0 Å². The van der Waals surface area contributed by atoms with Gasteiger partial charge in [0.25, 0.3) is 0 Å². The lowest BCUT2D eigenvalue weighted by atomic mass is 10.0. The highest BCUT2D eigenvalue weighted by Gasteiger charge is 2.08. The van der Waals surface area contributed by atoms with Crippen molar-refractivity contribution in [1.29, 1.82) is 0 Å². The largest absolute Gasteiger partial charge is 0.352 e. The maximum atomic E-state index is 11.5. The molecule has 3 nitrogen and oxygen atoms in total. The first-order valence-corrected chi connectivity index (χ1v) is 6.18. The first-order chi connectivity index (χ1) is 8.13. The summed E-state index contributed by atoms with van der Waals surface area (Å²) in [4.78, 5) is 11.5. The molecule has 0 radical (unpaired) electrons.